The van der Waals surface area contributed by atoms with Crippen LogP contribution in [-0.4, -0.2) is 30.2 Å². The molecule has 1 atom stereocenters. The molecule has 2 aromatic rings. The highest BCUT2D eigenvalue weighted by Gasteiger charge is 2.26. The van der Waals surface area contributed by atoms with Crippen LogP contribution in [0.4, 0.5) is 0 Å². The van der Waals surface area contributed by atoms with Gasteiger partial charge in [-0.15, -0.1) is 0 Å². The van der Waals surface area contributed by atoms with Crippen molar-refractivity contribution < 1.29 is 9.84 Å². The van der Waals surface area contributed by atoms with E-state index in [0.29, 0.717) is 5.92 Å². The lowest BCUT2D eigenvalue weighted by molar-refractivity contribution is 0.0566. The number of ether oxygens (including phenoxy) is 1. The summed E-state index contributed by atoms with van der Waals surface area (Å²) in [5.41, 5.74) is 2.32. The minimum absolute atomic E-state index is 0.328. The first-order valence-corrected chi connectivity index (χ1v) is 8.34. The van der Waals surface area contributed by atoms with Crippen molar-refractivity contribution in [2.45, 2.75) is 25.5 Å². The first-order valence-electron chi connectivity index (χ1n) is 8.34. The van der Waals surface area contributed by atoms with E-state index in [0.717, 1.165) is 43.8 Å². The Labute approximate surface area is 138 Å². The Morgan fingerprint density at radius 1 is 1.09 bits per heavy atom. The Bertz CT molecular complexity index is 606. The summed E-state index contributed by atoms with van der Waals surface area (Å²) in [5, 5.41) is 10.7. The number of aliphatic hydroxyl groups is 1. The predicted octanol–water partition coefficient (Wildman–Crippen LogP) is 3.64. The minimum Gasteiger partial charge on any atom is -0.497 e. The molecule has 1 fully saturated rings. The van der Waals surface area contributed by atoms with E-state index in [2.05, 4.69) is 35.2 Å². The van der Waals surface area contributed by atoms with Crippen molar-refractivity contribution in [2.75, 3.05) is 20.2 Å². The standard InChI is InChI=1S/C20H25NO2/c1-23-19-9-5-8-18(14-19)20(22)17-10-12-21(13-11-17)15-16-6-3-2-4-7-16/h2-9,14,17,20,22H,10-13,15H2,1H3. The minimum atomic E-state index is -0.399. The first kappa shape index (κ1) is 16.0. The average Bonchev–Trinajstić information content (AvgIpc) is 2.63. The largest absolute Gasteiger partial charge is 0.497 e. The molecule has 1 N–H and O–H groups in total. The molecule has 3 nitrogen and oxygen atoms in total. The smallest absolute Gasteiger partial charge is 0.119 e. The van der Waals surface area contributed by atoms with Gasteiger partial charge in [0.25, 0.3) is 0 Å². The van der Waals surface area contributed by atoms with E-state index in [1.807, 2.05) is 24.3 Å². The molecule has 0 radical (unpaired) electrons. The SMILES string of the molecule is COc1cccc(C(O)C2CCN(Cc3ccccc3)CC2)c1. The topological polar surface area (TPSA) is 32.7 Å². The van der Waals surface area contributed by atoms with Gasteiger partial charge in [0, 0.05) is 6.54 Å². The molecule has 122 valence electrons. The molecule has 0 saturated carbocycles. The van der Waals surface area contributed by atoms with Gasteiger partial charge in [-0.2, -0.15) is 0 Å². The van der Waals surface area contributed by atoms with Gasteiger partial charge < -0.3 is 9.84 Å². The summed E-state index contributed by atoms with van der Waals surface area (Å²) in [5.74, 6) is 1.14. The summed E-state index contributed by atoms with van der Waals surface area (Å²) < 4.78 is 5.26. The lowest BCUT2D eigenvalue weighted by Gasteiger charge is -2.34. The fourth-order valence-corrected chi connectivity index (χ4v) is 3.37. The van der Waals surface area contributed by atoms with Crippen LogP contribution in [0.2, 0.25) is 0 Å². The van der Waals surface area contributed by atoms with E-state index in [1.54, 1.807) is 7.11 Å². The number of nitrogens with zero attached hydrogens (tertiary/aromatic N) is 1. The van der Waals surface area contributed by atoms with Gasteiger partial charge in [-0.1, -0.05) is 42.5 Å². The zero-order valence-electron chi connectivity index (χ0n) is 13.7. The van der Waals surface area contributed by atoms with Crippen molar-refractivity contribution in [1.29, 1.82) is 0 Å². The van der Waals surface area contributed by atoms with Crippen LogP contribution in [0.3, 0.4) is 0 Å². The van der Waals surface area contributed by atoms with Gasteiger partial charge in [0.2, 0.25) is 0 Å². The fourth-order valence-electron chi connectivity index (χ4n) is 3.37. The zero-order valence-corrected chi connectivity index (χ0v) is 13.7. The van der Waals surface area contributed by atoms with Crippen LogP contribution in [0.25, 0.3) is 0 Å². The van der Waals surface area contributed by atoms with Crippen LogP contribution in [0.5, 0.6) is 5.75 Å². The molecule has 1 heterocycles. The molecule has 0 bridgehead atoms. The molecule has 0 amide bonds. The number of hydrogen-bond donors (Lipinski definition) is 1. The van der Waals surface area contributed by atoms with E-state index in [4.69, 9.17) is 4.74 Å². The molecule has 1 aliphatic rings. The first-order chi connectivity index (χ1) is 11.3. The van der Waals surface area contributed by atoms with Crippen molar-refractivity contribution in [1.82, 2.24) is 4.90 Å². The van der Waals surface area contributed by atoms with Crippen molar-refractivity contribution in [3.8, 4) is 5.75 Å². The maximum absolute atomic E-state index is 10.7. The van der Waals surface area contributed by atoms with Crippen LogP contribution in [0.15, 0.2) is 54.6 Å². The third-order valence-corrected chi connectivity index (χ3v) is 4.76. The van der Waals surface area contributed by atoms with Gasteiger partial charge in [-0.05, 0) is 55.1 Å². The number of rotatable bonds is 5. The number of hydrogen-bond acceptors (Lipinski definition) is 3. The van der Waals surface area contributed by atoms with Crippen molar-refractivity contribution in [2.24, 2.45) is 5.92 Å². The van der Waals surface area contributed by atoms with Crippen LogP contribution in [-0.2, 0) is 6.54 Å². The second-order valence-electron chi connectivity index (χ2n) is 6.32. The molecule has 1 unspecified atom stereocenters. The second kappa shape index (κ2) is 7.62. The van der Waals surface area contributed by atoms with Gasteiger partial charge in [0.15, 0.2) is 0 Å². The number of methoxy groups -OCH3 is 1. The highest BCUT2D eigenvalue weighted by atomic mass is 16.5. The molecule has 2 aromatic carbocycles. The van der Waals surface area contributed by atoms with Gasteiger partial charge in [-0.25, -0.2) is 0 Å². The third kappa shape index (κ3) is 4.12. The lowest BCUT2D eigenvalue weighted by Crippen LogP contribution is -2.35. The molecular weight excluding hydrogens is 286 g/mol. The molecule has 3 heteroatoms. The van der Waals surface area contributed by atoms with E-state index < -0.39 is 6.10 Å². The van der Waals surface area contributed by atoms with Gasteiger partial charge >= 0.3 is 0 Å². The Hall–Kier alpha value is -1.84. The number of piperidine rings is 1. The van der Waals surface area contributed by atoms with Gasteiger partial charge in [0.05, 0.1) is 13.2 Å². The Morgan fingerprint density at radius 3 is 2.52 bits per heavy atom. The summed E-state index contributed by atoms with van der Waals surface area (Å²) >= 11 is 0. The zero-order chi connectivity index (χ0) is 16.1. The third-order valence-electron chi connectivity index (χ3n) is 4.76. The van der Waals surface area contributed by atoms with Crippen molar-refractivity contribution in [3.05, 3.63) is 65.7 Å². The molecule has 3 rings (SSSR count). The highest BCUT2D eigenvalue weighted by molar-refractivity contribution is 5.30. The normalized spacial score (nSPS) is 17.8. The fraction of sp³-hybridized carbons (Fsp3) is 0.400. The molecule has 1 saturated heterocycles. The maximum atomic E-state index is 10.7. The maximum Gasteiger partial charge on any atom is 0.119 e. The molecular formula is C20H25NO2. The average molecular weight is 311 g/mol. The van der Waals surface area contributed by atoms with Crippen molar-refractivity contribution in [3.63, 3.8) is 0 Å². The van der Waals surface area contributed by atoms with Gasteiger partial charge in [0.1, 0.15) is 5.75 Å². The summed E-state index contributed by atoms with van der Waals surface area (Å²) in [6, 6.07) is 18.4. The van der Waals surface area contributed by atoms with Crippen LogP contribution >= 0.6 is 0 Å². The Balaban J connectivity index is 1.55. The summed E-state index contributed by atoms with van der Waals surface area (Å²) in [6.45, 7) is 3.09. The van der Waals surface area contributed by atoms with Crippen LogP contribution in [0, 0.1) is 5.92 Å². The second-order valence-corrected chi connectivity index (χ2v) is 6.32. The predicted molar refractivity (Wildman–Crippen MR) is 92.4 cm³/mol. The monoisotopic (exact) mass is 311 g/mol. The number of aliphatic hydroxyl groups excluding tert-OH is 1. The van der Waals surface area contributed by atoms with Gasteiger partial charge in [-0.3, -0.25) is 4.90 Å². The quantitative estimate of drug-likeness (QED) is 0.915. The number of likely N-dealkylation sites (tertiary alicyclic amines) is 1. The van der Waals surface area contributed by atoms with Crippen LogP contribution in [0.1, 0.15) is 30.1 Å². The molecule has 0 aromatic heterocycles. The summed E-state index contributed by atoms with van der Waals surface area (Å²) in [7, 11) is 1.66. The highest BCUT2D eigenvalue weighted by Crippen LogP contribution is 2.32. The summed E-state index contributed by atoms with van der Waals surface area (Å²) in [4.78, 5) is 2.48. The Kier molecular flexibility index (Phi) is 5.31. The van der Waals surface area contributed by atoms with Crippen LogP contribution < -0.4 is 4.74 Å². The Morgan fingerprint density at radius 2 is 1.83 bits per heavy atom. The van der Waals surface area contributed by atoms with E-state index in [-0.39, 0.29) is 0 Å². The molecule has 23 heavy (non-hydrogen) atoms. The van der Waals surface area contributed by atoms with Crippen molar-refractivity contribution >= 4 is 0 Å². The molecule has 0 spiro atoms. The van der Waals surface area contributed by atoms with E-state index in [1.165, 1.54) is 5.56 Å². The lowest BCUT2D eigenvalue weighted by atomic mass is 9.87. The summed E-state index contributed by atoms with van der Waals surface area (Å²) in [6.07, 6.45) is 1.67. The molecule has 1 aliphatic heterocycles. The number of benzene rings is 2. The van der Waals surface area contributed by atoms with E-state index >= 15 is 0 Å². The molecule has 0 aliphatic carbocycles. The van der Waals surface area contributed by atoms with E-state index in [9.17, 15) is 5.11 Å².